The number of thiazole rings is 1. The second-order valence-corrected chi connectivity index (χ2v) is 8.11. The van der Waals surface area contributed by atoms with E-state index in [0.717, 1.165) is 22.4 Å². The Morgan fingerprint density at radius 1 is 1.41 bits per heavy atom. The zero-order chi connectivity index (χ0) is 21.1. The molecule has 3 heterocycles. The number of nitrogens with zero attached hydrogens (tertiary/aromatic N) is 6. The number of amides is 3. The summed E-state index contributed by atoms with van der Waals surface area (Å²) in [7, 11) is 1.36. The molecule has 2 unspecified atom stereocenters. The van der Waals surface area contributed by atoms with Gasteiger partial charge >= 0.3 is 6.03 Å². The zero-order valence-electron chi connectivity index (χ0n) is 15.8. The summed E-state index contributed by atoms with van der Waals surface area (Å²) in [5.41, 5.74) is 1.15. The highest BCUT2D eigenvalue weighted by molar-refractivity contribution is 7.99. The van der Waals surface area contributed by atoms with Crippen molar-refractivity contribution in [2.75, 3.05) is 12.8 Å². The predicted molar refractivity (Wildman–Crippen MR) is 104 cm³/mol. The number of thioether (sulfide) groups is 1. The van der Waals surface area contributed by atoms with E-state index in [4.69, 9.17) is 4.42 Å². The third-order valence-corrected chi connectivity index (χ3v) is 6.06. The molecule has 0 bridgehead atoms. The van der Waals surface area contributed by atoms with Crippen LogP contribution in [0.2, 0.25) is 0 Å². The van der Waals surface area contributed by atoms with Crippen molar-refractivity contribution < 1.29 is 18.8 Å². The molecule has 12 heteroatoms. The van der Waals surface area contributed by atoms with Gasteiger partial charge in [-0.15, -0.1) is 21.5 Å². The molecule has 0 saturated carbocycles. The second kappa shape index (κ2) is 8.62. The molecule has 0 saturated heterocycles. The van der Waals surface area contributed by atoms with E-state index in [1.165, 1.54) is 18.4 Å². The van der Waals surface area contributed by atoms with Gasteiger partial charge in [-0.3, -0.25) is 14.5 Å². The predicted octanol–water partition coefficient (Wildman–Crippen LogP) is 2.01. The number of aliphatic imine (C=N–C) groups is 1. The fourth-order valence-electron chi connectivity index (χ4n) is 2.59. The van der Waals surface area contributed by atoms with Gasteiger partial charge in [-0.1, -0.05) is 11.8 Å². The van der Waals surface area contributed by atoms with Crippen LogP contribution < -0.4 is 0 Å². The monoisotopic (exact) mass is 432 g/mol. The van der Waals surface area contributed by atoms with Crippen molar-refractivity contribution in [2.45, 2.75) is 31.4 Å². The number of hydrogen-bond donors (Lipinski definition) is 0. The van der Waals surface area contributed by atoms with Crippen molar-refractivity contribution in [3.8, 4) is 6.07 Å². The molecule has 0 aliphatic carbocycles. The van der Waals surface area contributed by atoms with Gasteiger partial charge < -0.3 is 4.42 Å². The number of urea groups is 1. The maximum absolute atomic E-state index is 12.4. The Hall–Kier alpha value is -2.91. The lowest BCUT2D eigenvalue weighted by Gasteiger charge is -2.24. The van der Waals surface area contributed by atoms with Crippen molar-refractivity contribution in [3.63, 3.8) is 0 Å². The molecule has 0 spiro atoms. The minimum atomic E-state index is -0.935. The average molecular weight is 432 g/mol. The lowest BCUT2D eigenvalue weighted by molar-refractivity contribution is -0.129. The number of aromatic nitrogens is 3. The van der Waals surface area contributed by atoms with Gasteiger partial charge in [-0.25, -0.2) is 14.8 Å². The molecule has 2 atom stereocenters. The Morgan fingerprint density at radius 3 is 2.83 bits per heavy atom. The van der Waals surface area contributed by atoms with Crippen LogP contribution >= 0.6 is 23.1 Å². The van der Waals surface area contributed by atoms with Gasteiger partial charge in [0.15, 0.2) is 11.7 Å². The van der Waals surface area contributed by atoms with E-state index in [1.807, 2.05) is 6.07 Å². The summed E-state index contributed by atoms with van der Waals surface area (Å²) < 4.78 is 5.50. The van der Waals surface area contributed by atoms with Crippen LogP contribution in [0.4, 0.5) is 4.79 Å². The van der Waals surface area contributed by atoms with Crippen LogP contribution in [0.15, 0.2) is 20.0 Å². The molecule has 1 aliphatic rings. The number of carbonyl (C=O) groups excluding carboxylic acids is 3. The Bertz CT molecular complexity index is 1040. The average Bonchev–Trinajstić information content (AvgIpc) is 3.31. The summed E-state index contributed by atoms with van der Waals surface area (Å²) in [4.78, 5) is 45.2. The first-order valence-corrected chi connectivity index (χ1v) is 10.3. The van der Waals surface area contributed by atoms with Crippen LogP contribution in [0.5, 0.6) is 0 Å². The molecule has 0 fully saturated rings. The number of aryl methyl sites for hydroxylation is 1. The lowest BCUT2D eigenvalue weighted by atomic mass is 9.97. The summed E-state index contributed by atoms with van der Waals surface area (Å²) in [5, 5.41) is 19.5. The molecule has 2 aromatic heterocycles. The van der Waals surface area contributed by atoms with Gasteiger partial charge in [-0.2, -0.15) is 5.26 Å². The standard InChI is InChI=1S/C17H16N6O4S2/c1-8-6-28-14(19-8)11(5-18)12(24)7-29-17-22-21-13(27-17)4-10-9(2)20-16(26)23(3)15(10)25/h6,10-11H,4,7H2,1-3H3. The SMILES string of the molecule is CC1=NC(=O)N(C)C(=O)C1Cc1nnc(SCC(=O)C(C#N)c2nc(C)cs2)o1. The Kier molecular flexibility index (Phi) is 6.19. The molecule has 2 aromatic rings. The highest BCUT2D eigenvalue weighted by atomic mass is 32.2. The van der Waals surface area contributed by atoms with Gasteiger partial charge in [0.05, 0.1) is 17.7 Å². The van der Waals surface area contributed by atoms with E-state index in [9.17, 15) is 19.6 Å². The zero-order valence-corrected chi connectivity index (χ0v) is 17.4. The van der Waals surface area contributed by atoms with Gasteiger partial charge in [0.2, 0.25) is 11.8 Å². The maximum atomic E-state index is 12.4. The molecule has 10 nitrogen and oxygen atoms in total. The number of Topliss-reactive ketones (excluding diaryl/α,β-unsaturated/α-hetero) is 1. The summed E-state index contributed by atoms with van der Waals surface area (Å²) in [6.45, 7) is 3.39. The van der Waals surface area contributed by atoms with E-state index in [2.05, 4.69) is 20.2 Å². The molecular weight excluding hydrogens is 416 g/mol. The van der Waals surface area contributed by atoms with Crippen LogP contribution in [0.25, 0.3) is 0 Å². The molecular formula is C17H16N6O4S2. The first-order valence-electron chi connectivity index (χ1n) is 8.46. The van der Waals surface area contributed by atoms with Crippen molar-refractivity contribution in [1.29, 1.82) is 5.26 Å². The van der Waals surface area contributed by atoms with E-state index >= 15 is 0 Å². The van der Waals surface area contributed by atoms with E-state index < -0.39 is 17.9 Å². The highest BCUT2D eigenvalue weighted by Crippen LogP contribution is 2.25. The number of imide groups is 1. The summed E-state index contributed by atoms with van der Waals surface area (Å²) in [5.74, 6) is -2.12. The molecule has 0 aromatic carbocycles. The van der Waals surface area contributed by atoms with Crippen LogP contribution in [0.1, 0.15) is 29.4 Å². The van der Waals surface area contributed by atoms with Crippen LogP contribution in [0, 0.1) is 24.2 Å². The topological polar surface area (TPSA) is 142 Å². The molecule has 150 valence electrons. The largest absolute Gasteiger partial charge is 0.416 e. The summed E-state index contributed by atoms with van der Waals surface area (Å²) >= 11 is 2.29. The van der Waals surface area contributed by atoms with Crippen molar-refractivity contribution in [2.24, 2.45) is 10.9 Å². The lowest BCUT2D eigenvalue weighted by Crippen LogP contribution is -2.44. The van der Waals surface area contributed by atoms with Gasteiger partial charge in [-0.05, 0) is 13.8 Å². The molecule has 29 heavy (non-hydrogen) atoms. The Balaban J connectivity index is 1.61. The van der Waals surface area contributed by atoms with Crippen molar-refractivity contribution in [1.82, 2.24) is 20.1 Å². The Morgan fingerprint density at radius 2 is 2.17 bits per heavy atom. The van der Waals surface area contributed by atoms with Gasteiger partial charge in [0.25, 0.3) is 5.22 Å². The third-order valence-electron chi connectivity index (χ3n) is 4.19. The molecule has 0 radical (unpaired) electrons. The number of nitriles is 1. The third kappa shape index (κ3) is 4.57. The fraction of sp³-hybridized carbons (Fsp3) is 0.412. The van der Waals surface area contributed by atoms with Crippen LogP contribution in [0.3, 0.4) is 0 Å². The van der Waals surface area contributed by atoms with E-state index in [1.54, 1.807) is 19.2 Å². The molecule has 3 amide bonds. The highest BCUT2D eigenvalue weighted by Gasteiger charge is 2.34. The number of hydrogen-bond acceptors (Lipinski definition) is 10. The first kappa shape index (κ1) is 20.8. The van der Waals surface area contributed by atoms with Crippen molar-refractivity contribution in [3.05, 3.63) is 22.0 Å². The molecule has 0 N–H and O–H groups in total. The number of ketones is 1. The van der Waals surface area contributed by atoms with Crippen molar-refractivity contribution >= 4 is 46.5 Å². The molecule has 3 rings (SSSR count). The fourth-order valence-corrected chi connectivity index (χ4v) is 4.13. The summed E-state index contributed by atoms with van der Waals surface area (Å²) in [6.07, 6.45) is 0.104. The van der Waals surface area contributed by atoms with E-state index in [-0.39, 0.29) is 35.0 Å². The van der Waals surface area contributed by atoms with Crippen LogP contribution in [-0.2, 0) is 16.0 Å². The van der Waals surface area contributed by atoms with E-state index in [0.29, 0.717) is 10.7 Å². The smallest absolute Gasteiger partial charge is 0.349 e. The van der Waals surface area contributed by atoms with Gasteiger partial charge in [0, 0.05) is 30.3 Å². The van der Waals surface area contributed by atoms with Crippen LogP contribution in [-0.4, -0.2) is 56.3 Å². The maximum Gasteiger partial charge on any atom is 0.349 e. The second-order valence-electron chi connectivity index (χ2n) is 6.30. The molecule has 1 aliphatic heterocycles. The quantitative estimate of drug-likeness (QED) is 0.600. The summed E-state index contributed by atoms with van der Waals surface area (Å²) in [6, 6.07) is 1.38. The normalized spacial score (nSPS) is 17.8. The minimum Gasteiger partial charge on any atom is -0.416 e. The minimum absolute atomic E-state index is 0.0292. The Labute approximate surface area is 174 Å². The van der Waals surface area contributed by atoms with Gasteiger partial charge in [0.1, 0.15) is 5.01 Å². The first-order chi connectivity index (χ1) is 13.8. The number of rotatable bonds is 7. The number of carbonyl (C=O) groups is 3.